The van der Waals surface area contributed by atoms with Crippen LogP contribution in [-0.2, 0) is 0 Å². The molecule has 1 heterocycles. The number of ketones is 1. The van der Waals surface area contributed by atoms with Gasteiger partial charge in [0, 0.05) is 23.4 Å². The Bertz CT molecular complexity index is 453. The summed E-state index contributed by atoms with van der Waals surface area (Å²) in [5, 5.41) is 0. The standard InChI is InChI=1S/C14H16F3NO/c1-9-6-7-10(8-18-9)13(19)11-4-2-3-5-12(11)14(15,16)17/h6-8,11-12H,2-5H2,1H3. The quantitative estimate of drug-likeness (QED) is 0.762. The maximum atomic E-state index is 13.0. The minimum atomic E-state index is -4.29. The van der Waals surface area contributed by atoms with Gasteiger partial charge in [0.1, 0.15) is 0 Å². The molecule has 2 nitrogen and oxygen atoms in total. The highest BCUT2D eigenvalue weighted by atomic mass is 19.4. The molecule has 1 aromatic rings. The molecular formula is C14H16F3NO. The van der Waals surface area contributed by atoms with E-state index in [2.05, 4.69) is 4.98 Å². The van der Waals surface area contributed by atoms with Crippen molar-refractivity contribution in [1.29, 1.82) is 0 Å². The second kappa shape index (κ2) is 5.31. The van der Waals surface area contributed by atoms with Crippen molar-refractivity contribution < 1.29 is 18.0 Å². The summed E-state index contributed by atoms with van der Waals surface area (Å²) in [6.45, 7) is 1.77. The summed E-state index contributed by atoms with van der Waals surface area (Å²) in [6.07, 6.45) is -1.32. The van der Waals surface area contributed by atoms with Crippen LogP contribution in [0.4, 0.5) is 13.2 Å². The van der Waals surface area contributed by atoms with Crippen molar-refractivity contribution >= 4 is 5.78 Å². The molecule has 0 amide bonds. The number of aromatic nitrogens is 1. The van der Waals surface area contributed by atoms with Crippen molar-refractivity contribution in [2.45, 2.75) is 38.8 Å². The van der Waals surface area contributed by atoms with Crippen molar-refractivity contribution in [2.75, 3.05) is 0 Å². The summed E-state index contributed by atoms with van der Waals surface area (Å²) < 4.78 is 38.9. The summed E-state index contributed by atoms with van der Waals surface area (Å²) in [6, 6.07) is 3.21. The molecule has 1 aliphatic carbocycles. The summed E-state index contributed by atoms with van der Waals surface area (Å²) in [7, 11) is 0. The van der Waals surface area contributed by atoms with Crippen LogP contribution in [0.5, 0.6) is 0 Å². The molecule has 5 heteroatoms. The first-order valence-electron chi connectivity index (χ1n) is 6.43. The average molecular weight is 271 g/mol. The zero-order valence-corrected chi connectivity index (χ0v) is 10.7. The third-order valence-corrected chi connectivity index (χ3v) is 3.72. The van der Waals surface area contributed by atoms with E-state index >= 15 is 0 Å². The van der Waals surface area contributed by atoms with Gasteiger partial charge in [-0.05, 0) is 31.9 Å². The second-order valence-electron chi connectivity index (χ2n) is 5.09. The molecule has 19 heavy (non-hydrogen) atoms. The fourth-order valence-corrected chi connectivity index (χ4v) is 2.66. The van der Waals surface area contributed by atoms with E-state index in [0.29, 0.717) is 19.3 Å². The fraction of sp³-hybridized carbons (Fsp3) is 0.571. The van der Waals surface area contributed by atoms with Crippen LogP contribution >= 0.6 is 0 Å². The van der Waals surface area contributed by atoms with Crippen LogP contribution in [0, 0.1) is 18.8 Å². The van der Waals surface area contributed by atoms with Crippen molar-refractivity contribution in [1.82, 2.24) is 4.98 Å². The molecule has 1 aliphatic rings. The van der Waals surface area contributed by atoms with Crippen molar-refractivity contribution in [3.8, 4) is 0 Å². The molecule has 1 fully saturated rings. The van der Waals surface area contributed by atoms with Crippen LogP contribution in [0.1, 0.15) is 41.7 Å². The predicted molar refractivity (Wildman–Crippen MR) is 64.8 cm³/mol. The lowest BCUT2D eigenvalue weighted by Crippen LogP contribution is -2.37. The molecule has 0 aromatic carbocycles. The number of nitrogens with zero attached hydrogens (tertiary/aromatic N) is 1. The van der Waals surface area contributed by atoms with Gasteiger partial charge in [-0.3, -0.25) is 9.78 Å². The third-order valence-electron chi connectivity index (χ3n) is 3.72. The number of carbonyl (C=O) groups is 1. The minimum Gasteiger partial charge on any atom is -0.294 e. The van der Waals surface area contributed by atoms with Gasteiger partial charge in [-0.15, -0.1) is 0 Å². The zero-order chi connectivity index (χ0) is 14.0. The van der Waals surface area contributed by atoms with Gasteiger partial charge < -0.3 is 0 Å². The van der Waals surface area contributed by atoms with E-state index in [1.807, 2.05) is 0 Å². The molecule has 0 bridgehead atoms. The van der Waals surface area contributed by atoms with Gasteiger partial charge in [0.2, 0.25) is 0 Å². The predicted octanol–water partition coefficient (Wildman–Crippen LogP) is 3.94. The smallest absolute Gasteiger partial charge is 0.294 e. The molecule has 0 spiro atoms. The lowest BCUT2D eigenvalue weighted by atomic mass is 9.75. The number of hydrogen-bond donors (Lipinski definition) is 0. The molecule has 104 valence electrons. The van der Waals surface area contributed by atoms with Gasteiger partial charge in [-0.1, -0.05) is 12.8 Å². The van der Waals surface area contributed by atoms with Crippen LogP contribution in [0.3, 0.4) is 0 Å². The van der Waals surface area contributed by atoms with Gasteiger partial charge >= 0.3 is 6.18 Å². The highest BCUT2D eigenvalue weighted by Gasteiger charge is 2.48. The first kappa shape index (κ1) is 14.0. The summed E-state index contributed by atoms with van der Waals surface area (Å²) in [4.78, 5) is 16.2. The van der Waals surface area contributed by atoms with E-state index < -0.39 is 23.8 Å². The number of alkyl halides is 3. The topological polar surface area (TPSA) is 30.0 Å². The third kappa shape index (κ3) is 3.14. The molecular weight excluding hydrogens is 255 g/mol. The number of hydrogen-bond acceptors (Lipinski definition) is 2. The van der Waals surface area contributed by atoms with Gasteiger partial charge in [-0.2, -0.15) is 13.2 Å². The Kier molecular flexibility index (Phi) is 3.92. The lowest BCUT2D eigenvalue weighted by molar-refractivity contribution is -0.190. The van der Waals surface area contributed by atoms with Crippen LogP contribution in [0.2, 0.25) is 0 Å². The summed E-state index contributed by atoms with van der Waals surface area (Å²) in [5.74, 6) is -2.87. The first-order valence-corrected chi connectivity index (χ1v) is 6.43. The highest BCUT2D eigenvalue weighted by molar-refractivity contribution is 5.97. The second-order valence-corrected chi connectivity index (χ2v) is 5.09. The number of Topliss-reactive ketones (excluding diaryl/α,β-unsaturated/α-hetero) is 1. The highest BCUT2D eigenvalue weighted by Crippen LogP contribution is 2.42. The molecule has 0 aliphatic heterocycles. The van der Waals surface area contributed by atoms with E-state index in [1.54, 1.807) is 19.1 Å². The van der Waals surface area contributed by atoms with Crippen LogP contribution in [0.15, 0.2) is 18.3 Å². The molecule has 0 radical (unpaired) electrons. The van der Waals surface area contributed by atoms with E-state index in [9.17, 15) is 18.0 Å². The van der Waals surface area contributed by atoms with Gasteiger partial charge in [0.25, 0.3) is 0 Å². The average Bonchev–Trinajstić information content (AvgIpc) is 2.38. The first-order chi connectivity index (χ1) is 8.89. The molecule has 0 N–H and O–H groups in total. The van der Waals surface area contributed by atoms with Crippen molar-refractivity contribution in [2.24, 2.45) is 11.8 Å². The fourth-order valence-electron chi connectivity index (χ4n) is 2.66. The van der Waals surface area contributed by atoms with Crippen LogP contribution < -0.4 is 0 Å². The molecule has 2 atom stereocenters. The van der Waals surface area contributed by atoms with Crippen molar-refractivity contribution in [3.63, 3.8) is 0 Å². The van der Waals surface area contributed by atoms with Gasteiger partial charge in [-0.25, -0.2) is 0 Å². The Labute approximate surface area is 110 Å². The van der Waals surface area contributed by atoms with Crippen LogP contribution in [-0.4, -0.2) is 16.9 Å². The molecule has 2 unspecified atom stereocenters. The van der Waals surface area contributed by atoms with E-state index in [0.717, 1.165) is 5.69 Å². The summed E-state index contributed by atoms with van der Waals surface area (Å²) in [5.41, 5.74) is 1.03. The number of aryl methyl sites for hydroxylation is 1. The monoisotopic (exact) mass is 271 g/mol. The maximum Gasteiger partial charge on any atom is 0.392 e. The SMILES string of the molecule is Cc1ccc(C(=O)C2CCCCC2C(F)(F)F)cn1. The lowest BCUT2D eigenvalue weighted by Gasteiger charge is -2.31. The van der Waals surface area contributed by atoms with Crippen molar-refractivity contribution in [3.05, 3.63) is 29.6 Å². The Balaban J connectivity index is 2.22. The number of pyridine rings is 1. The Morgan fingerprint density at radius 1 is 1.26 bits per heavy atom. The molecule has 0 saturated heterocycles. The normalized spacial score (nSPS) is 24.2. The Hall–Kier alpha value is -1.39. The maximum absolute atomic E-state index is 13.0. The Morgan fingerprint density at radius 2 is 1.95 bits per heavy atom. The minimum absolute atomic E-state index is 0.0548. The largest absolute Gasteiger partial charge is 0.392 e. The summed E-state index contributed by atoms with van der Waals surface area (Å²) >= 11 is 0. The molecule has 1 saturated carbocycles. The number of halogens is 3. The molecule has 2 rings (SSSR count). The van der Waals surface area contributed by atoms with Crippen LogP contribution in [0.25, 0.3) is 0 Å². The van der Waals surface area contributed by atoms with Gasteiger partial charge in [0.05, 0.1) is 5.92 Å². The van der Waals surface area contributed by atoms with E-state index in [-0.39, 0.29) is 12.0 Å². The van der Waals surface area contributed by atoms with E-state index in [4.69, 9.17) is 0 Å². The van der Waals surface area contributed by atoms with Gasteiger partial charge in [0.15, 0.2) is 5.78 Å². The Morgan fingerprint density at radius 3 is 2.53 bits per heavy atom. The number of rotatable bonds is 2. The van der Waals surface area contributed by atoms with E-state index in [1.165, 1.54) is 6.20 Å². The zero-order valence-electron chi connectivity index (χ0n) is 10.7. The molecule has 1 aromatic heterocycles. The number of carbonyl (C=O) groups excluding carboxylic acids is 1.